The third kappa shape index (κ3) is 3.93. The molecule has 0 radical (unpaired) electrons. The number of nitrogens with zero attached hydrogens (tertiary/aromatic N) is 1. The van der Waals surface area contributed by atoms with Crippen molar-refractivity contribution in [2.24, 2.45) is 5.92 Å². The Bertz CT molecular complexity index is 455. The molecule has 1 heterocycles. The number of hydrogen-bond donors (Lipinski definition) is 1. The highest BCUT2D eigenvalue weighted by Crippen LogP contribution is 2.35. The number of hydrogen-bond acceptors (Lipinski definition) is 2. The van der Waals surface area contributed by atoms with E-state index in [1.807, 2.05) is 18.0 Å². The number of carbonyl (C=O) groups is 1. The Morgan fingerprint density at radius 1 is 1.50 bits per heavy atom. The van der Waals surface area contributed by atoms with E-state index in [9.17, 15) is 9.18 Å². The molecular formula is C15H22ClFN2O. The van der Waals surface area contributed by atoms with Crippen LogP contribution in [0.25, 0.3) is 0 Å². The molecule has 1 fully saturated rings. The average Bonchev–Trinajstić information content (AvgIpc) is 2.78. The fraction of sp³-hybridized carbons (Fsp3) is 0.533. The lowest BCUT2D eigenvalue weighted by atomic mass is 10.0. The Morgan fingerprint density at radius 3 is 2.90 bits per heavy atom. The summed E-state index contributed by atoms with van der Waals surface area (Å²) in [5.74, 6) is 0.374. The molecule has 1 aliphatic heterocycles. The Labute approximate surface area is 125 Å². The molecular weight excluding hydrogens is 279 g/mol. The van der Waals surface area contributed by atoms with Crippen LogP contribution in [0.5, 0.6) is 0 Å². The number of carbonyl (C=O) groups excluding carboxylic acids is 1. The van der Waals surface area contributed by atoms with E-state index in [2.05, 4.69) is 12.2 Å². The molecule has 20 heavy (non-hydrogen) atoms. The van der Waals surface area contributed by atoms with Crippen molar-refractivity contribution in [2.75, 3.05) is 20.1 Å². The number of amides is 1. The summed E-state index contributed by atoms with van der Waals surface area (Å²) >= 11 is 0. The summed E-state index contributed by atoms with van der Waals surface area (Å²) in [6.45, 7) is 3.58. The highest BCUT2D eigenvalue weighted by molar-refractivity contribution is 5.85. The number of halogens is 2. The van der Waals surface area contributed by atoms with Crippen LogP contribution in [0.15, 0.2) is 24.3 Å². The monoisotopic (exact) mass is 300 g/mol. The van der Waals surface area contributed by atoms with Gasteiger partial charge >= 0.3 is 0 Å². The Balaban J connectivity index is 0.00000200. The van der Waals surface area contributed by atoms with E-state index in [0.717, 1.165) is 18.5 Å². The third-order valence-electron chi connectivity index (χ3n) is 3.65. The van der Waals surface area contributed by atoms with Crippen LogP contribution in [0, 0.1) is 11.7 Å². The highest BCUT2D eigenvalue weighted by atomic mass is 35.5. The van der Waals surface area contributed by atoms with E-state index in [-0.39, 0.29) is 30.2 Å². The minimum atomic E-state index is -0.236. The number of rotatable bonds is 4. The van der Waals surface area contributed by atoms with Crippen LogP contribution in [0.2, 0.25) is 0 Å². The SMILES string of the molecule is CNCCC(=O)N1CC(C)CC1c1cccc(F)c1.Cl. The normalized spacial score (nSPS) is 21.6. The van der Waals surface area contributed by atoms with Gasteiger partial charge < -0.3 is 10.2 Å². The first-order valence-corrected chi connectivity index (χ1v) is 6.81. The molecule has 3 nitrogen and oxygen atoms in total. The zero-order valence-corrected chi connectivity index (χ0v) is 12.8. The van der Waals surface area contributed by atoms with Crippen LogP contribution in [0.4, 0.5) is 4.39 Å². The van der Waals surface area contributed by atoms with Gasteiger partial charge in [-0.05, 0) is 37.1 Å². The molecule has 0 spiro atoms. The van der Waals surface area contributed by atoms with Gasteiger partial charge in [-0.15, -0.1) is 12.4 Å². The molecule has 112 valence electrons. The summed E-state index contributed by atoms with van der Waals surface area (Å²) in [7, 11) is 1.84. The number of likely N-dealkylation sites (tertiary alicyclic amines) is 1. The molecule has 1 N–H and O–H groups in total. The van der Waals surface area contributed by atoms with Crippen LogP contribution in [0.3, 0.4) is 0 Å². The second-order valence-corrected chi connectivity index (χ2v) is 5.31. The summed E-state index contributed by atoms with van der Waals surface area (Å²) in [5, 5.41) is 2.99. The van der Waals surface area contributed by atoms with Gasteiger partial charge in [0, 0.05) is 19.5 Å². The lowest BCUT2D eigenvalue weighted by Gasteiger charge is -2.25. The van der Waals surface area contributed by atoms with Gasteiger partial charge in [-0.1, -0.05) is 19.1 Å². The molecule has 0 saturated carbocycles. The molecule has 1 aliphatic rings. The molecule has 1 saturated heterocycles. The first-order chi connectivity index (χ1) is 9.11. The van der Waals surface area contributed by atoms with E-state index < -0.39 is 0 Å². The van der Waals surface area contributed by atoms with Crippen LogP contribution in [0.1, 0.15) is 31.4 Å². The lowest BCUT2D eigenvalue weighted by Crippen LogP contribution is -2.32. The van der Waals surface area contributed by atoms with Crippen molar-refractivity contribution in [1.29, 1.82) is 0 Å². The second kappa shape index (κ2) is 7.60. The lowest BCUT2D eigenvalue weighted by molar-refractivity contribution is -0.132. The molecule has 0 bridgehead atoms. The molecule has 1 amide bonds. The van der Waals surface area contributed by atoms with Gasteiger partial charge in [-0.3, -0.25) is 4.79 Å². The summed E-state index contributed by atoms with van der Waals surface area (Å²) < 4.78 is 13.3. The summed E-state index contributed by atoms with van der Waals surface area (Å²) in [6, 6.07) is 6.62. The van der Waals surface area contributed by atoms with Crippen molar-refractivity contribution in [3.63, 3.8) is 0 Å². The van der Waals surface area contributed by atoms with Gasteiger partial charge in [0.15, 0.2) is 0 Å². The molecule has 0 aromatic heterocycles. The molecule has 2 rings (SSSR count). The van der Waals surface area contributed by atoms with Crippen molar-refractivity contribution in [3.8, 4) is 0 Å². The predicted octanol–water partition coefficient (Wildman–Crippen LogP) is 2.77. The molecule has 5 heteroatoms. The van der Waals surface area contributed by atoms with E-state index in [1.165, 1.54) is 6.07 Å². The first-order valence-electron chi connectivity index (χ1n) is 6.81. The zero-order valence-electron chi connectivity index (χ0n) is 11.9. The van der Waals surface area contributed by atoms with Crippen LogP contribution >= 0.6 is 12.4 Å². The number of benzene rings is 1. The van der Waals surface area contributed by atoms with Gasteiger partial charge in [-0.2, -0.15) is 0 Å². The molecule has 1 aromatic rings. The maximum Gasteiger partial charge on any atom is 0.224 e. The third-order valence-corrected chi connectivity index (χ3v) is 3.65. The molecule has 2 unspecified atom stereocenters. The van der Waals surface area contributed by atoms with E-state index in [4.69, 9.17) is 0 Å². The van der Waals surface area contributed by atoms with Crippen LogP contribution in [-0.4, -0.2) is 30.9 Å². The van der Waals surface area contributed by atoms with Crippen molar-refractivity contribution < 1.29 is 9.18 Å². The van der Waals surface area contributed by atoms with Crippen molar-refractivity contribution >= 4 is 18.3 Å². The Morgan fingerprint density at radius 2 is 2.25 bits per heavy atom. The predicted molar refractivity (Wildman–Crippen MR) is 80.4 cm³/mol. The van der Waals surface area contributed by atoms with Crippen LogP contribution in [-0.2, 0) is 4.79 Å². The van der Waals surface area contributed by atoms with Crippen molar-refractivity contribution in [1.82, 2.24) is 10.2 Å². The fourth-order valence-electron chi connectivity index (χ4n) is 2.73. The van der Waals surface area contributed by atoms with E-state index in [0.29, 0.717) is 18.9 Å². The maximum atomic E-state index is 13.3. The summed E-state index contributed by atoms with van der Waals surface area (Å²) in [5.41, 5.74) is 0.905. The number of nitrogens with one attached hydrogen (secondary N) is 1. The second-order valence-electron chi connectivity index (χ2n) is 5.31. The Hall–Kier alpha value is -1.13. The molecule has 0 aliphatic carbocycles. The van der Waals surface area contributed by atoms with Gasteiger partial charge in [-0.25, -0.2) is 4.39 Å². The van der Waals surface area contributed by atoms with Gasteiger partial charge in [0.1, 0.15) is 5.82 Å². The summed E-state index contributed by atoms with van der Waals surface area (Å²) in [6.07, 6.45) is 1.41. The van der Waals surface area contributed by atoms with Gasteiger partial charge in [0.05, 0.1) is 6.04 Å². The summed E-state index contributed by atoms with van der Waals surface area (Å²) in [4.78, 5) is 14.1. The minimum Gasteiger partial charge on any atom is -0.335 e. The topological polar surface area (TPSA) is 32.3 Å². The minimum absolute atomic E-state index is 0. The smallest absolute Gasteiger partial charge is 0.224 e. The molecule has 2 atom stereocenters. The quantitative estimate of drug-likeness (QED) is 0.927. The van der Waals surface area contributed by atoms with E-state index in [1.54, 1.807) is 12.1 Å². The van der Waals surface area contributed by atoms with Crippen molar-refractivity contribution in [2.45, 2.75) is 25.8 Å². The standard InChI is InChI=1S/C15H21FN2O.ClH/c1-11-8-14(12-4-3-5-13(16)9-12)18(10-11)15(19)6-7-17-2;/h3-5,9,11,14,17H,6-8,10H2,1-2H3;1H. The van der Waals surface area contributed by atoms with Gasteiger partial charge in [0.25, 0.3) is 0 Å². The van der Waals surface area contributed by atoms with Crippen LogP contribution < -0.4 is 5.32 Å². The largest absolute Gasteiger partial charge is 0.335 e. The van der Waals surface area contributed by atoms with E-state index >= 15 is 0 Å². The average molecular weight is 301 g/mol. The fourth-order valence-corrected chi connectivity index (χ4v) is 2.73. The molecule has 1 aromatic carbocycles. The highest BCUT2D eigenvalue weighted by Gasteiger charge is 2.33. The zero-order chi connectivity index (χ0) is 13.8. The first kappa shape index (κ1) is 16.9. The Kier molecular flexibility index (Phi) is 6.43. The van der Waals surface area contributed by atoms with Gasteiger partial charge in [0.2, 0.25) is 5.91 Å². The maximum absolute atomic E-state index is 13.3. The van der Waals surface area contributed by atoms with Crippen molar-refractivity contribution in [3.05, 3.63) is 35.6 Å².